The second-order valence-electron chi connectivity index (χ2n) is 7.01. The molecule has 0 aliphatic carbocycles. The lowest BCUT2D eigenvalue weighted by Gasteiger charge is -2.12. The van der Waals surface area contributed by atoms with E-state index in [1.807, 2.05) is 55.5 Å². The van der Waals surface area contributed by atoms with E-state index in [0.717, 1.165) is 33.1 Å². The lowest BCUT2D eigenvalue weighted by Crippen LogP contribution is -2.13. The first-order valence-electron chi connectivity index (χ1n) is 9.64. The van der Waals surface area contributed by atoms with Crippen molar-refractivity contribution in [2.45, 2.75) is 20.3 Å². The molecule has 6 heteroatoms. The van der Waals surface area contributed by atoms with Gasteiger partial charge in [-0.3, -0.25) is 4.79 Å². The first-order chi connectivity index (χ1) is 14.5. The van der Waals surface area contributed by atoms with Crippen LogP contribution in [-0.2, 0) is 6.42 Å². The number of aryl methyl sites for hydroxylation is 2. The van der Waals surface area contributed by atoms with Crippen LogP contribution < -0.4 is 10.1 Å². The van der Waals surface area contributed by atoms with Gasteiger partial charge in [0.2, 0.25) is 5.89 Å². The van der Waals surface area contributed by atoms with Crippen LogP contribution in [0.3, 0.4) is 0 Å². The molecule has 1 aromatic heterocycles. The SMILES string of the molecule is CCc1ccc2oc(-c3ccc(NC(=O)c4cc(Br)cc(C)c4OC)cc3)nc2c1. The largest absolute Gasteiger partial charge is 0.496 e. The number of halogens is 1. The Labute approximate surface area is 183 Å². The number of methoxy groups -OCH3 is 1. The topological polar surface area (TPSA) is 64.4 Å². The van der Waals surface area contributed by atoms with Crippen LogP contribution in [0.4, 0.5) is 5.69 Å². The highest BCUT2D eigenvalue weighted by atomic mass is 79.9. The molecule has 0 saturated carbocycles. The number of carbonyl (C=O) groups excluding carboxylic acids is 1. The molecule has 0 unspecified atom stereocenters. The summed E-state index contributed by atoms with van der Waals surface area (Å²) < 4.78 is 12.1. The predicted molar refractivity (Wildman–Crippen MR) is 122 cm³/mol. The van der Waals surface area contributed by atoms with Crippen molar-refractivity contribution in [1.82, 2.24) is 4.98 Å². The van der Waals surface area contributed by atoms with Gasteiger partial charge in [0.15, 0.2) is 5.58 Å². The van der Waals surface area contributed by atoms with Crippen molar-refractivity contribution in [1.29, 1.82) is 0 Å². The lowest BCUT2D eigenvalue weighted by atomic mass is 10.1. The number of fused-ring (bicyclic) bond motifs is 1. The molecule has 3 aromatic carbocycles. The molecular formula is C24H21BrN2O3. The fourth-order valence-corrected chi connectivity index (χ4v) is 3.95. The maximum atomic E-state index is 12.8. The Balaban J connectivity index is 1.56. The van der Waals surface area contributed by atoms with Gasteiger partial charge in [0.1, 0.15) is 11.3 Å². The monoisotopic (exact) mass is 464 g/mol. The molecule has 0 aliphatic heterocycles. The molecule has 0 aliphatic rings. The second-order valence-corrected chi connectivity index (χ2v) is 7.93. The lowest BCUT2D eigenvalue weighted by molar-refractivity contribution is 0.102. The molecule has 4 rings (SSSR count). The summed E-state index contributed by atoms with van der Waals surface area (Å²) in [7, 11) is 1.56. The number of nitrogens with one attached hydrogen (secondary N) is 1. The number of benzene rings is 3. The van der Waals surface area contributed by atoms with Crippen LogP contribution in [0.15, 0.2) is 63.5 Å². The summed E-state index contributed by atoms with van der Waals surface area (Å²) in [4.78, 5) is 17.4. The third kappa shape index (κ3) is 3.96. The number of hydrogen-bond acceptors (Lipinski definition) is 4. The number of oxazole rings is 1. The third-order valence-electron chi connectivity index (χ3n) is 4.94. The summed E-state index contributed by atoms with van der Waals surface area (Å²) >= 11 is 3.44. The van der Waals surface area contributed by atoms with Crippen LogP contribution >= 0.6 is 15.9 Å². The summed E-state index contributed by atoms with van der Waals surface area (Å²) in [6.45, 7) is 4.01. The van der Waals surface area contributed by atoms with Crippen LogP contribution in [0.2, 0.25) is 0 Å². The fraction of sp³-hybridized carbons (Fsp3) is 0.167. The van der Waals surface area contributed by atoms with Crippen LogP contribution in [-0.4, -0.2) is 18.0 Å². The second kappa shape index (κ2) is 8.32. The molecule has 30 heavy (non-hydrogen) atoms. The minimum absolute atomic E-state index is 0.238. The van der Waals surface area contributed by atoms with Gasteiger partial charge in [-0.2, -0.15) is 0 Å². The quantitative estimate of drug-likeness (QED) is 0.371. The van der Waals surface area contributed by atoms with Gasteiger partial charge in [0, 0.05) is 15.7 Å². The number of ether oxygens (including phenoxy) is 1. The van der Waals surface area contributed by atoms with Crippen molar-refractivity contribution in [2.75, 3.05) is 12.4 Å². The van der Waals surface area contributed by atoms with E-state index in [2.05, 4.69) is 33.2 Å². The van der Waals surface area contributed by atoms with Gasteiger partial charge in [-0.1, -0.05) is 28.9 Å². The highest BCUT2D eigenvalue weighted by Gasteiger charge is 2.16. The van der Waals surface area contributed by atoms with E-state index in [4.69, 9.17) is 9.15 Å². The molecule has 1 heterocycles. The van der Waals surface area contributed by atoms with Crippen LogP contribution in [0.25, 0.3) is 22.6 Å². The van der Waals surface area contributed by atoms with Crippen molar-refractivity contribution in [2.24, 2.45) is 0 Å². The summed E-state index contributed by atoms with van der Waals surface area (Å²) in [5, 5.41) is 2.92. The smallest absolute Gasteiger partial charge is 0.259 e. The number of nitrogens with zero attached hydrogens (tertiary/aromatic N) is 1. The van der Waals surface area contributed by atoms with E-state index < -0.39 is 0 Å². The predicted octanol–water partition coefficient (Wildman–Crippen LogP) is 6.39. The molecule has 1 N–H and O–H groups in total. The molecule has 0 atom stereocenters. The van der Waals surface area contributed by atoms with Crippen molar-refractivity contribution in [3.63, 3.8) is 0 Å². The van der Waals surface area contributed by atoms with Crippen molar-refractivity contribution in [3.8, 4) is 17.2 Å². The molecule has 152 valence electrons. The van der Waals surface area contributed by atoms with E-state index >= 15 is 0 Å². The Morgan fingerprint density at radius 1 is 1.13 bits per heavy atom. The fourth-order valence-electron chi connectivity index (χ4n) is 3.38. The molecular weight excluding hydrogens is 444 g/mol. The highest BCUT2D eigenvalue weighted by Crippen LogP contribution is 2.29. The van der Waals surface area contributed by atoms with Gasteiger partial charge in [-0.05, 0) is 73.0 Å². The van der Waals surface area contributed by atoms with Crippen molar-refractivity contribution in [3.05, 3.63) is 75.8 Å². The van der Waals surface area contributed by atoms with Gasteiger partial charge >= 0.3 is 0 Å². The van der Waals surface area contributed by atoms with E-state index in [-0.39, 0.29) is 5.91 Å². The number of rotatable bonds is 5. The maximum absolute atomic E-state index is 12.8. The minimum Gasteiger partial charge on any atom is -0.496 e. The van der Waals surface area contributed by atoms with Crippen molar-refractivity contribution < 1.29 is 13.9 Å². The molecule has 1 amide bonds. The van der Waals surface area contributed by atoms with Crippen molar-refractivity contribution >= 4 is 38.6 Å². The zero-order chi connectivity index (χ0) is 21.3. The van der Waals surface area contributed by atoms with Crippen LogP contribution in [0.1, 0.15) is 28.4 Å². The Morgan fingerprint density at radius 3 is 2.60 bits per heavy atom. The molecule has 0 radical (unpaired) electrons. The molecule has 0 spiro atoms. The van der Waals surface area contributed by atoms with E-state index in [9.17, 15) is 4.79 Å². The number of aromatic nitrogens is 1. The van der Waals surface area contributed by atoms with E-state index in [1.54, 1.807) is 13.2 Å². The minimum atomic E-state index is -0.238. The van der Waals surface area contributed by atoms with Crippen LogP contribution in [0, 0.1) is 6.92 Å². The summed E-state index contributed by atoms with van der Waals surface area (Å²) in [5.41, 5.74) is 5.70. The molecule has 5 nitrogen and oxygen atoms in total. The Morgan fingerprint density at radius 2 is 1.90 bits per heavy atom. The normalized spacial score (nSPS) is 10.9. The van der Waals surface area contributed by atoms with Crippen LogP contribution in [0.5, 0.6) is 5.75 Å². The standard InChI is InChI=1S/C24H21BrN2O3/c1-4-15-5-10-21-20(12-15)27-24(30-21)16-6-8-18(9-7-16)26-23(28)19-13-17(25)11-14(2)22(19)29-3/h5-13H,4H2,1-3H3,(H,26,28). The Bertz CT molecular complexity index is 1230. The molecule has 4 aromatic rings. The van der Waals surface area contributed by atoms with E-state index in [1.165, 1.54) is 5.56 Å². The van der Waals surface area contributed by atoms with Gasteiger partial charge in [0.05, 0.1) is 12.7 Å². The number of anilines is 1. The highest BCUT2D eigenvalue weighted by molar-refractivity contribution is 9.10. The zero-order valence-corrected chi connectivity index (χ0v) is 18.5. The first kappa shape index (κ1) is 20.2. The Kier molecular flexibility index (Phi) is 5.59. The average Bonchev–Trinajstić information content (AvgIpc) is 3.17. The summed E-state index contributed by atoms with van der Waals surface area (Å²) in [6, 6.07) is 17.1. The van der Waals surface area contributed by atoms with Gasteiger partial charge in [-0.15, -0.1) is 0 Å². The summed E-state index contributed by atoms with van der Waals surface area (Å²) in [6.07, 6.45) is 0.953. The molecule has 0 saturated heterocycles. The maximum Gasteiger partial charge on any atom is 0.259 e. The average molecular weight is 465 g/mol. The molecule has 0 fully saturated rings. The summed E-state index contributed by atoms with van der Waals surface area (Å²) in [5.74, 6) is 0.878. The first-order valence-corrected chi connectivity index (χ1v) is 10.4. The Hall–Kier alpha value is -3.12. The van der Waals surface area contributed by atoms with Gasteiger partial charge in [0.25, 0.3) is 5.91 Å². The number of hydrogen-bond donors (Lipinski definition) is 1. The number of amides is 1. The van der Waals surface area contributed by atoms with Gasteiger partial charge in [-0.25, -0.2) is 4.98 Å². The number of carbonyl (C=O) groups is 1. The molecule has 0 bridgehead atoms. The van der Waals surface area contributed by atoms with Gasteiger partial charge < -0.3 is 14.5 Å². The van der Waals surface area contributed by atoms with E-state index in [0.29, 0.717) is 22.9 Å². The third-order valence-corrected chi connectivity index (χ3v) is 5.40. The zero-order valence-electron chi connectivity index (χ0n) is 17.0.